The van der Waals surface area contributed by atoms with E-state index in [2.05, 4.69) is 15.5 Å². The average Bonchev–Trinajstić information content (AvgIpc) is 3.01. The smallest absolute Gasteiger partial charge is 0.273 e. The molecule has 2 aromatic carbocycles. The largest absolute Gasteiger partial charge is 0.360 e. The Bertz CT molecular complexity index is 865. The predicted octanol–water partition coefficient (Wildman–Crippen LogP) is 4.37. The zero-order valence-electron chi connectivity index (χ0n) is 12.6. The minimum Gasteiger partial charge on any atom is -0.360 e. The molecule has 0 radical (unpaired) electrons. The van der Waals surface area contributed by atoms with Crippen LogP contribution in [-0.4, -0.2) is 16.6 Å². The van der Waals surface area contributed by atoms with Gasteiger partial charge >= 0.3 is 0 Å². The summed E-state index contributed by atoms with van der Waals surface area (Å²) in [4.78, 5) is 15.5. The van der Waals surface area contributed by atoms with Gasteiger partial charge in [0.15, 0.2) is 0 Å². The predicted molar refractivity (Wildman–Crippen MR) is 94.0 cm³/mol. The number of hydrogen-bond acceptors (Lipinski definition) is 2. The van der Waals surface area contributed by atoms with E-state index in [1.807, 2.05) is 55.5 Å². The van der Waals surface area contributed by atoms with Crippen LogP contribution in [0.1, 0.15) is 29.3 Å². The Balaban J connectivity index is 1.82. The summed E-state index contributed by atoms with van der Waals surface area (Å²) < 4.78 is 0. The van der Waals surface area contributed by atoms with Crippen LogP contribution in [0.5, 0.6) is 0 Å². The van der Waals surface area contributed by atoms with Crippen molar-refractivity contribution in [1.82, 2.24) is 10.4 Å². The molecule has 3 rings (SSSR count). The van der Waals surface area contributed by atoms with Crippen LogP contribution >= 0.6 is 11.6 Å². The lowest BCUT2D eigenvalue weighted by molar-refractivity contribution is 0.0956. The number of amides is 1. The van der Waals surface area contributed by atoms with Crippen LogP contribution in [0.3, 0.4) is 0 Å². The maximum absolute atomic E-state index is 12.4. The van der Waals surface area contributed by atoms with Gasteiger partial charge in [0.1, 0.15) is 0 Å². The molecule has 1 amide bonds. The number of carbonyl (C=O) groups is 1. The van der Waals surface area contributed by atoms with Gasteiger partial charge < -0.3 is 4.98 Å². The Morgan fingerprint density at radius 1 is 1.17 bits per heavy atom. The molecular weight excluding hydrogens is 310 g/mol. The van der Waals surface area contributed by atoms with E-state index in [1.54, 1.807) is 6.20 Å². The zero-order valence-corrected chi connectivity index (χ0v) is 13.4. The SMILES string of the molecule is CC/C(=N\NC(=O)c1c[nH]c2ccccc12)c1ccc(Cl)cc1. The number of benzene rings is 2. The summed E-state index contributed by atoms with van der Waals surface area (Å²) in [7, 11) is 0. The third kappa shape index (κ3) is 3.27. The molecule has 1 aromatic heterocycles. The van der Waals surface area contributed by atoms with E-state index in [1.165, 1.54) is 0 Å². The van der Waals surface area contributed by atoms with Gasteiger partial charge in [-0.3, -0.25) is 4.79 Å². The fraction of sp³-hybridized carbons (Fsp3) is 0.111. The Labute approximate surface area is 139 Å². The van der Waals surface area contributed by atoms with Gasteiger partial charge in [-0.25, -0.2) is 5.43 Å². The molecule has 3 aromatic rings. The molecule has 0 fully saturated rings. The lowest BCUT2D eigenvalue weighted by atomic mass is 10.1. The van der Waals surface area contributed by atoms with Crippen molar-refractivity contribution in [2.24, 2.45) is 5.10 Å². The average molecular weight is 326 g/mol. The van der Waals surface area contributed by atoms with Crippen LogP contribution in [0.4, 0.5) is 0 Å². The number of carbonyl (C=O) groups excluding carboxylic acids is 1. The highest BCUT2D eigenvalue weighted by Crippen LogP contribution is 2.17. The number of nitrogens with zero attached hydrogens (tertiary/aromatic N) is 1. The van der Waals surface area contributed by atoms with Crippen LogP contribution in [0.2, 0.25) is 5.02 Å². The highest BCUT2D eigenvalue weighted by molar-refractivity contribution is 6.30. The van der Waals surface area contributed by atoms with Crippen molar-refractivity contribution in [3.63, 3.8) is 0 Å². The summed E-state index contributed by atoms with van der Waals surface area (Å²) in [6.45, 7) is 1.99. The Morgan fingerprint density at radius 2 is 1.91 bits per heavy atom. The van der Waals surface area contributed by atoms with Gasteiger partial charge in [-0.05, 0) is 30.2 Å². The summed E-state index contributed by atoms with van der Waals surface area (Å²) in [5.74, 6) is -0.234. The second kappa shape index (κ2) is 6.67. The fourth-order valence-electron chi connectivity index (χ4n) is 2.43. The van der Waals surface area contributed by atoms with Gasteiger partial charge in [0.25, 0.3) is 5.91 Å². The van der Waals surface area contributed by atoms with E-state index in [9.17, 15) is 4.79 Å². The van der Waals surface area contributed by atoms with Crippen LogP contribution in [0, 0.1) is 0 Å². The Hall–Kier alpha value is -2.59. The minimum atomic E-state index is -0.234. The van der Waals surface area contributed by atoms with E-state index in [-0.39, 0.29) is 5.91 Å². The molecule has 116 valence electrons. The molecule has 0 unspecified atom stereocenters. The maximum Gasteiger partial charge on any atom is 0.273 e. The molecule has 0 saturated heterocycles. The summed E-state index contributed by atoms with van der Waals surface area (Å²) in [5, 5.41) is 5.82. The standard InChI is InChI=1S/C18H16ClN3O/c1-2-16(12-7-9-13(19)10-8-12)21-22-18(23)15-11-20-17-6-4-3-5-14(15)17/h3-11,20H,2H2,1H3,(H,22,23)/b21-16+. The number of fused-ring (bicyclic) bond motifs is 1. The number of H-pyrrole nitrogens is 1. The molecule has 0 atom stereocenters. The number of halogens is 1. The summed E-state index contributed by atoms with van der Waals surface area (Å²) in [5.41, 5.74) is 5.88. The van der Waals surface area contributed by atoms with Gasteiger partial charge in [0.2, 0.25) is 0 Å². The highest BCUT2D eigenvalue weighted by Gasteiger charge is 2.11. The van der Waals surface area contributed by atoms with E-state index in [4.69, 9.17) is 11.6 Å². The number of nitrogens with one attached hydrogen (secondary N) is 2. The summed E-state index contributed by atoms with van der Waals surface area (Å²) in [6.07, 6.45) is 2.40. The van der Waals surface area contributed by atoms with Gasteiger partial charge in [-0.2, -0.15) is 5.10 Å². The van der Waals surface area contributed by atoms with Crippen LogP contribution in [0.15, 0.2) is 59.8 Å². The van der Waals surface area contributed by atoms with Crippen molar-refractivity contribution < 1.29 is 4.79 Å². The molecule has 4 nitrogen and oxygen atoms in total. The second-order valence-electron chi connectivity index (χ2n) is 5.11. The Kier molecular flexibility index (Phi) is 4.44. The highest BCUT2D eigenvalue weighted by atomic mass is 35.5. The topological polar surface area (TPSA) is 57.2 Å². The second-order valence-corrected chi connectivity index (χ2v) is 5.54. The number of hydrogen-bond donors (Lipinski definition) is 2. The van der Waals surface area contributed by atoms with Gasteiger partial charge in [-0.1, -0.05) is 48.9 Å². The molecule has 2 N–H and O–H groups in total. The van der Waals surface area contributed by atoms with Crippen molar-refractivity contribution in [2.75, 3.05) is 0 Å². The third-order valence-electron chi connectivity index (χ3n) is 3.64. The van der Waals surface area contributed by atoms with Crippen molar-refractivity contribution in [3.8, 4) is 0 Å². The zero-order chi connectivity index (χ0) is 16.2. The summed E-state index contributed by atoms with van der Waals surface area (Å²) >= 11 is 5.90. The molecule has 0 aliphatic rings. The van der Waals surface area contributed by atoms with Crippen molar-refractivity contribution in [2.45, 2.75) is 13.3 Å². The van der Waals surface area contributed by atoms with Crippen molar-refractivity contribution >= 4 is 34.1 Å². The third-order valence-corrected chi connectivity index (χ3v) is 3.89. The van der Waals surface area contributed by atoms with Gasteiger partial charge in [0.05, 0.1) is 11.3 Å². The first-order valence-corrected chi connectivity index (χ1v) is 7.76. The van der Waals surface area contributed by atoms with E-state index >= 15 is 0 Å². The van der Waals surface area contributed by atoms with Crippen LogP contribution in [-0.2, 0) is 0 Å². The monoisotopic (exact) mass is 325 g/mol. The molecule has 0 saturated carbocycles. The van der Waals surface area contributed by atoms with Crippen molar-refractivity contribution in [3.05, 3.63) is 70.9 Å². The first kappa shape index (κ1) is 15.3. The molecule has 1 heterocycles. The molecule has 0 bridgehead atoms. The fourth-order valence-corrected chi connectivity index (χ4v) is 2.55. The molecule has 23 heavy (non-hydrogen) atoms. The van der Waals surface area contributed by atoms with Gasteiger partial charge in [-0.15, -0.1) is 0 Å². The number of rotatable bonds is 4. The van der Waals surface area contributed by atoms with E-state index in [0.29, 0.717) is 17.0 Å². The first-order valence-electron chi connectivity index (χ1n) is 7.38. The quantitative estimate of drug-likeness (QED) is 0.543. The van der Waals surface area contributed by atoms with Gasteiger partial charge in [0, 0.05) is 22.1 Å². The van der Waals surface area contributed by atoms with Crippen LogP contribution < -0.4 is 5.43 Å². The first-order chi connectivity index (χ1) is 11.2. The normalized spacial score (nSPS) is 11.7. The molecular formula is C18H16ClN3O. The van der Waals surface area contributed by atoms with E-state index < -0.39 is 0 Å². The molecule has 5 heteroatoms. The lowest BCUT2D eigenvalue weighted by Gasteiger charge is -2.05. The molecule has 0 spiro atoms. The molecule has 0 aliphatic heterocycles. The van der Waals surface area contributed by atoms with E-state index in [0.717, 1.165) is 22.2 Å². The number of aromatic amines is 1. The van der Waals surface area contributed by atoms with Crippen molar-refractivity contribution in [1.29, 1.82) is 0 Å². The van der Waals surface area contributed by atoms with Crippen LogP contribution in [0.25, 0.3) is 10.9 Å². The number of hydrazone groups is 1. The minimum absolute atomic E-state index is 0.234. The molecule has 0 aliphatic carbocycles. The number of para-hydroxylation sites is 1. The Morgan fingerprint density at radius 3 is 2.65 bits per heavy atom. The number of aromatic nitrogens is 1. The summed E-state index contributed by atoms with van der Waals surface area (Å²) in [6, 6.07) is 15.1. The maximum atomic E-state index is 12.4. The lowest BCUT2D eigenvalue weighted by Crippen LogP contribution is -2.19.